The Morgan fingerprint density at radius 1 is 0.848 bits per heavy atom. The van der Waals surface area contributed by atoms with E-state index in [-0.39, 0.29) is 0 Å². The molecule has 4 aromatic rings. The largest absolute Gasteiger partial charge is 0.360 e. The average Bonchev–Trinajstić information content (AvgIpc) is 3.72. The minimum absolute atomic E-state index is 0.443. The Morgan fingerprint density at radius 2 is 1.67 bits per heavy atom. The van der Waals surface area contributed by atoms with Crippen molar-refractivity contribution in [3.05, 3.63) is 130 Å². The molecule has 2 heteroatoms. The van der Waals surface area contributed by atoms with Crippen molar-refractivity contribution in [3.63, 3.8) is 0 Å². The molecule has 0 fully saturated rings. The summed E-state index contributed by atoms with van der Waals surface area (Å²) in [5.74, 6) is 2.77. The van der Waals surface area contributed by atoms with E-state index in [4.69, 9.17) is 0 Å². The summed E-state index contributed by atoms with van der Waals surface area (Å²) in [4.78, 5) is 2.80. The van der Waals surface area contributed by atoms with E-state index in [2.05, 4.69) is 124 Å². The molecule has 3 aromatic carbocycles. The van der Waals surface area contributed by atoms with Crippen LogP contribution in [0.2, 0.25) is 0 Å². The van der Waals surface area contributed by atoms with Crippen molar-refractivity contribution in [2.24, 2.45) is 29.6 Å². The van der Waals surface area contributed by atoms with Gasteiger partial charge >= 0.3 is 0 Å². The van der Waals surface area contributed by atoms with Crippen molar-refractivity contribution in [2.75, 3.05) is 0 Å². The number of hydrogen-bond donors (Lipinski definition) is 0. The van der Waals surface area contributed by atoms with Crippen LogP contribution in [0.5, 0.6) is 0 Å². The molecule has 0 amide bonds. The van der Waals surface area contributed by atoms with E-state index >= 15 is 0 Å². The van der Waals surface area contributed by atoms with Gasteiger partial charge in [0.1, 0.15) is 0 Å². The molecule has 3 heterocycles. The van der Waals surface area contributed by atoms with Gasteiger partial charge in [-0.15, -0.1) is 11.3 Å². The third-order valence-corrected chi connectivity index (χ3v) is 13.0. The van der Waals surface area contributed by atoms with Gasteiger partial charge in [-0.3, -0.25) is 0 Å². The maximum atomic E-state index is 2.80. The van der Waals surface area contributed by atoms with Gasteiger partial charge in [-0.2, -0.15) is 0 Å². The van der Waals surface area contributed by atoms with Crippen LogP contribution in [0.25, 0.3) is 31.8 Å². The third kappa shape index (κ3) is 4.39. The van der Waals surface area contributed by atoms with Crippen molar-refractivity contribution >= 4 is 43.2 Å². The number of aryl methyl sites for hydroxylation is 1. The predicted octanol–water partition coefficient (Wildman–Crippen LogP) is 12.1. The first-order valence-corrected chi connectivity index (χ1v) is 18.6. The van der Waals surface area contributed by atoms with Gasteiger partial charge in [-0.05, 0) is 119 Å². The zero-order chi connectivity index (χ0) is 31.1. The SMILES string of the molecule is CC(C)C1=CC(c2ccccc2)=CC(C(C)C)C1CC1C2=C(C=CCC2)N2Cc3cc4sc5ccc6c(c5c4cc3C12)C=CCC6. The smallest absolute Gasteiger partial charge is 0.0616 e. The summed E-state index contributed by atoms with van der Waals surface area (Å²) in [5.41, 5.74) is 13.9. The number of rotatable bonds is 5. The summed E-state index contributed by atoms with van der Waals surface area (Å²) in [5, 5.41) is 2.98. The second-order valence-electron chi connectivity index (χ2n) is 15.1. The molecule has 1 aromatic heterocycles. The first kappa shape index (κ1) is 28.6. The Balaban J connectivity index is 1.16. The van der Waals surface area contributed by atoms with Gasteiger partial charge in [0.15, 0.2) is 0 Å². The zero-order valence-electron chi connectivity index (χ0n) is 27.7. The van der Waals surface area contributed by atoms with E-state index in [1.807, 2.05) is 11.3 Å². The number of hydrogen-bond acceptors (Lipinski definition) is 2. The maximum absolute atomic E-state index is 2.80. The van der Waals surface area contributed by atoms with E-state index in [1.54, 1.807) is 28.0 Å². The van der Waals surface area contributed by atoms with Gasteiger partial charge in [0, 0.05) is 38.3 Å². The highest BCUT2D eigenvalue weighted by atomic mass is 32.1. The summed E-state index contributed by atoms with van der Waals surface area (Å²) in [6.07, 6.45) is 20.9. The minimum atomic E-state index is 0.443. The van der Waals surface area contributed by atoms with Crippen LogP contribution in [-0.4, -0.2) is 4.90 Å². The molecule has 0 N–H and O–H groups in total. The van der Waals surface area contributed by atoms with Gasteiger partial charge in [-0.1, -0.05) is 100 Å². The summed E-state index contributed by atoms with van der Waals surface area (Å²) >= 11 is 1.99. The lowest BCUT2D eigenvalue weighted by Crippen LogP contribution is -2.30. The molecule has 1 nitrogen and oxygen atoms in total. The Hall–Kier alpha value is -3.62. The van der Waals surface area contributed by atoms with Crippen LogP contribution in [0.3, 0.4) is 0 Å². The molecule has 2 aliphatic heterocycles. The Labute approximate surface area is 278 Å². The number of allylic oxidation sites excluding steroid dienone is 7. The molecule has 5 aliphatic rings. The highest BCUT2D eigenvalue weighted by molar-refractivity contribution is 7.25. The number of fused-ring (bicyclic) bond motifs is 9. The lowest BCUT2D eigenvalue weighted by atomic mass is 9.66. The molecule has 232 valence electrons. The molecule has 46 heavy (non-hydrogen) atoms. The highest BCUT2D eigenvalue weighted by Crippen LogP contribution is 2.57. The summed E-state index contributed by atoms with van der Waals surface area (Å²) in [6.45, 7) is 10.8. The lowest BCUT2D eigenvalue weighted by Gasteiger charge is -2.39. The van der Waals surface area contributed by atoms with E-state index in [0.29, 0.717) is 35.6 Å². The quantitative estimate of drug-likeness (QED) is 0.215. The summed E-state index contributed by atoms with van der Waals surface area (Å²) in [7, 11) is 0. The molecular weight excluding hydrogens is 575 g/mol. The number of benzene rings is 3. The first-order valence-electron chi connectivity index (χ1n) is 17.8. The monoisotopic (exact) mass is 619 g/mol. The van der Waals surface area contributed by atoms with Crippen molar-refractivity contribution in [2.45, 2.75) is 72.4 Å². The fourth-order valence-corrected chi connectivity index (χ4v) is 10.9. The van der Waals surface area contributed by atoms with Crippen LogP contribution < -0.4 is 0 Å². The van der Waals surface area contributed by atoms with Crippen LogP contribution >= 0.6 is 11.3 Å². The molecule has 9 rings (SSSR count). The van der Waals surface area contributed by atoms with Gasteiger partial charge in [0.05, 0.1) is 6.04 Å². The molecule has 0 spiro atoms. The third-order valence-electron chi connectivity index (χ3n) is 11.8. The molecule has 4 atom stereocenters. The van der Waals surface area contributed by atoms with Gasteiger partial charge in [0.25, 0.3) is 0 Å². The minimum Gasteiger partial charge on any atom is -0.360 e. The first-order chi connectivity index (χ1) is 22.5. The van der Waals surface area contributed by atoms with E-state index in [0.717, 1.165) is 19.4 Å². The predicted molar refractivity (Wildman–Crippen MR) is 198 cm³/mol. The summed E-state index contributed by atoms with van der Waals surface area (Å²) in [6, 6.07) is 21.5. The second-order valence-corrected chi connectivity index (χ2v) is 16.2. The normalized spacial score (nSPS) is 25.0. The fourth-order valence-electron chi connectivity index (χ4n) is 9.72. The molecule has 0 bridgehead atoms. The molecule has 3 aliphatic carbocycles. The van der Waals surface area contributed by atoms with Crippen LogP contribution in [-0.2, 0) is 13.0 Å². The van der Waals surface area contributed by atoms with Crippen LogP contribution in [0.15, 0.2) is 102 Å². The summed E-state index contributed by atoms with van der Waals surface area (Å²) < 4.78 is 2.90. The molecule has 0 saturated heterocycles. The van der Waals surface area contributed by atoms with Gasteiger partial charge < -0.3 is 4.90 Å². The van der Waals surface area contributed by atoms with Crippen LogP contribution in [0, 0.1) is 29.6 Å². The number of nitrogens with zero attached hydrogens (tertiary/aromatic N) is 1. The second kappa shape index (κ2) is 11.0. The Bertz CT molecular complexity index is 2030. The maximum Gasteiger partial charge on any atom is 0.0616 e. The van der Waals surface area contributed by atoms with Gasteiger partial charge in [0.2, 0.25) is 0 Å². The van der Waals surface area contributed by atoms with Crippen molar-refractivity contribution in [1.82, 2.24) is 4.90 Å². The van der Waals surface area contributed by atoms with E-state index in [9.17, 15) is 0 Å². The Morgan fingerprint density at radius 3 is 2.50 bits per heavy atom. The molecular formula is C44H45NS. The lowest BCUT2D eigenvalue weighted by molar-refractivity contribution is 0.219. The van der Waals surface area contributed by atoms with Crippen LogP contribution in [0.4, 0.5) is 0 Å². The standard InChI is InChI=1S/C44H45NS/c1-26(2)34-20-30(28-12-6-5-7-13-28)21-35(27(3)4)37(34)24-38-33-16-10-11-17-40(33)45-25-31-22-42-39(23-36(31)44(38)45)43-32-15-9-8-14-29(32)18-19-41(43)46-42/h5-7,9,11-13,15,17-23,26-27,34,37-38,44H,8,10,14,16,24-25H2,1-4H3. The fraction of sp³-hybridized carbons (Fsp3) is 0.364. The molecule has 4 unspecified atom stereocenters. The zero-order valence-corrected chi connectivity index (χ0v) is 28.5. The van der Waals surface area contributed by atoms with Crippen molar-refractivity contribution in [3.8, 4) is 0 Å². The van der Waals surface area contributed by atoms with Gasteiger partial charge in [-0.25, -0.2) is 0 Å². The average molecular weight is 620 g/mol. The van der Waals surface area contributed by atoms with Crippen LogP contribution in [0.1, 0.15) is 87.2 Å². The topological polar surface area (TPSA) is 3.24 Å². The van der Waals surface area contributed by atoms with Crippen molar-refractivity contribution in [1.29, 1.82) is 0 Å². The van der Waals surface area contributed by atoms with Crippen molar-refractivity contribution < 1.29 is 0 Å². The number of thiophene rings is 1. The molecule has 0 radical (unpaired) electrons. The molecule has 0 saturated carbocycles. The van der Waals surface area contributed by atoms with E-state index in [1.165, 1.54) is 61.7 Å². The van der Waals surface area contributed by atoms with E-state index < -0.39 is 0 Å². The highest BCUT2D eigenvalue weighted by Gasteiger charge is 2.47. The Kier molecular flexibility index (Phi) is 6.83.